The molecule has 33 heavy (non-hydrogen) atoms. The van der Waals surface area contributed by atoms with Crippen LogP contribution < -0.4 is 4.72 Å². The van der Waals surface area contributed by atoms with E-state index in [2.05, 4.69) is 4.72 Å². The summed E-state index contributed by atoms with van der Waals surface area (Å²) in [5.74, 6) is 0. The Morgan fingerprint density at radius 3 is 2.09 bits per heavy atom. The van der Waals surface area contributed by atoms with E-state index >= 15 is 0 Å². The van der Waals surface area contributed by atoms with E-state index in [1.165, 1.54) is 52.8 Å². The summed E-state index contributed by atoms with van der Waals surface area (Å²) in [4.78, 5) is 0.147. The summed E-state index contributed by atoms with van der Waals surface area (Å²) in [5.41, 5.74) is 0. The molecular formula is C22H26Cl2N2O5S2. The fourth-order valence-electron chi connectivity index (χ4n) is 3.64. The number of sulfonamides is 2. The van der Waals surface area contributed by atoms with Crippen molar-refractivity contribution >= 4 is 43.2 Å². The van der Waals surface area contributed by atoms with Crippen LogP contribution in [0.2, 0.25) is 10.0 Å². The summed E-state index contributed by atoms with van der Waals surface area (Å²) in [6, 6.07) is 10.5. The molecule has 3 rings (SSSR count). The van der Waals surface area contributed by atoms with Crippen molar-refractivity contribution in [1.29, 1.82) is 0 Å². The number of rotatable bonds is 10. The Morgan fingerprint density at radius 2 is 1.52 bits per heavy atom. The van der Waals surface area contributed by atoms with Gasteiger partial charge in [0, 0.05) is 35.3 Å². The quantitative estimate of drug-likeness (QED) is 0.357. The molecule has 180 valence electrons. The van der Waals surface area contributed by atoms with Gasteiger partial charge in [0.05, 0.1) is 9.79 Å². The lowest BCUT2D eigenvalue weighted by Crippen LogP contribution is -2.39. The molecule has 11 heteroatoms. The Morgan fingerprint density at radius 1 is 0.939 bits per heavy atom. The normalized spacial score (nSPS) is 20.0. The zero-order valence-corrected chi connectivity index (χ0v) is 20.9. The van der Waals surface area contributed by atoms with Gasteiger partial charge >= 0.3 is 0 Å². The molecule has 7 nitrogen and oxygen atoms in total. The van der Waals surface area contributed by atoms with Crippen molar-refractivity contribution in [2.45, 2.75) is 47.6 Å². The van der Waals surface area contributed by atoms with Gasteiger partial charge in [-0.1, -0.05) is 35.4 Å². The highest BCUT2D eigenvalue weighted by Crippen LogP contribution is 2.29. The molecule has 2 unspecified atom stereocenters. The van der Waals surface area contributed by atoms with Crippen LogP contribution in [0.3, 0.4) is 0 Å². The molecule has 1 aliphatic heterocycles. The van der Waals surface area contributed by atoms with Crippen LogP contribution in [0.1, 0.15) is 25.7 Å². The molecule has 0 aliphatic carbocycles. The van der Waals surface area contributed by atoms with Gasteiger partial charge in [-0.2, -0.15) is 4.31 Å². The van der Waals surface area contributed by atoms with Crippen molar-refractivity contribution in [1.82, 2.24) is 9.03 Å². The summed E-state index contributed by atoms with van der Waals surface area (Å²) in [6.07, 6.45) is 6.08. The van der Waals surface area contributed by atoms with Gasteiger partial charge in [-0.25, -0.2) is 21.6 Å². The van der Waals surface area contributed by atoms with E-state index in [1.807, 2.05) is 6.08 Å². The zero-order chi connectivity index (χ0) is 24.1. The minimum Gasteiger partial charge on any atom is -0.396 e. The molecule has 0 saturated carbocycles. The smallest absolute Gasteiger partial charge is 0.243 e. The lowest BCUT2D eigenvalue weighted by Gasteiger charge is -2.22. The van der Waals surface area contributed by atoms with Crippen molar-refractivity contribution < 1.29 is 21.9 Å². The van der Waals surface area contributed by atoms with Crippen molar-refractivity contribution in [2.24, 2.45) is 0 Å². The molecule has 2 atom stereocenters. The topological polar surface area (TPSA) is 104 Å². The molecular weight excluding hydrogens is 507 g/mol. The Kier molecular flexibility index (Phi) is 8.96. The minimum atomic E-state index is -3.88. The molecule has 0 spiro atoms. The van der Waals surface area contributed by atoms with Crippen LogP contribution in [-0.2, 0) is 20.0 Å². The molecule has 1 fully saturated rings. The zero-order valence-electron chi connectivity index (χ0n) is 17.8. The molecule has 1 saturated heterocycles. The number of nitrogens with one attached hydrogen (secondary N) is 1. The molecule has 2 aromatic carbocycles. The average molecular weight is 533 g/mol. The molecule has 0 aromatic heterocycles. The van der Waals surface area contributed by atoms with Gasteiger partial charge < -0.3 is 5.11 Å². The van der Waals surface area contributed by atoms with Crippen molar-refractivity contribution in [2.75, 3.05) is 13.2 Å². The number of allylic oxidation sites excluding steroid dienone is 1. The first-order valence-electron chi connectivity index (χ1n) is 10.5. The highest BCUT2D eigenvalue weighted by molar-refractivity contribution is 7.89. The maximum absolute atomic E-state index is 13.3. The number of benzene rings is 2. The number of unbranched alkanes of at least 4 members (excludes halogenated alkanes) is 2. The van der Waals surface area contributed by atoms with Crippen LogP contribution >= 0.6 is 23.2 Å². The van der Waals surface area contributed by atoms with Crippen LogP contribution in [0.15, 0.2) is 70.5 Å². The molecule has 0 radical (unpaired) electrons. The van der Waals surface area contributed by atoms with Crippen LogP contribution in [0.25, 0.3) is 0 Å². The Hall–Kier alpha value is -1.46. The second-order valence-corrected chi connectivity index (χ2v) is 12.2. The lowest BCUT2D eigenvalue weighted by atomic mass is 10.1. The number of halogens is 2. The SMILES string of the molecule is O=S(=O)(NC1CC(/C=C\CCCCO)N(S(=O)(=O)c2ccc(Cl)cc2)C1)c1ccc(Cl)cc1. The Balaban J connectivity index is 1.83. The van der Waals surface area contributed by atoms with Gasteiger partial charge in [0.25, 0.3) is 0 Å². The maximum atomic E-state index is 13.3. The third-order valence-corrected chi connectivity index (χ3v) is 9.24. The van der Waals surface area contributed by atoms with Crippen LogP contribution in [0, 0.1) is 0 Å². The minimum absolute atomic E-state index is 0.0105. The predicted molar refractivity (Wildman–Crippen MR) is 129 cm³/mol. The van der Waals surface area contributed by atoms with E-state index in [1.54, 1.807) is 6.08 Å². The fourth-order valence-corrected chi connectivity index (χ4v) is 6.77. The largest absolute Gasteiger partial charge is 0.396 e. The van der Waals surface area contributed by atoms with E-state index in [4.69, 9.17) is 28.3 Å². The summed E-state index contributed by atoms with van der Waals surface area (Å²) < 4.78 is 56.3. The first kappa shape index (κ1) is 26.2. The van der Waals surface area contributed by atoms with Gasteiger partial charge in [0.1, 0.15) is 0 Å². The number of nitrogens with zero attached hydrogens (tertiary/aromatic N) is 1. The first-order chi connectivity index (χ1) is 15.6. The van der Waals surface area contributed by atoms with Gasteiger partial charge in [-0.05, 0) is 74.2 Å². The monoisotopic (exact) mass is 532 g/mol. The van der Waals surface area contributed by atoms with E-state index in [-0.39, 0.29) is 29.4 Å². The van der Waals surface area contributed by atoms with Crippen molar-refractivity contribution in [3.63, 3.8) is 0 Å². The molecule has 0 amide bonds. The number of hydrogen-bond donors (Lipinski definition) is 2. The van der Waals surface area contributed by atoms with Gasteiger partial charge in [0.2, 0.25) is 20.0 Å². The maximum Gasteiger partial charge on any atom is 0.243 e. The second-order valence-electron chi connectivity index (χ2n) is 7.75. The van der Waals surface area contributed by atoms with Gasteiger partial charge in [0.15, 0.2) is 0 Å². The summed E-state index contributed by atoms with van der Waals surface area (Å²) in [7, 11) is -7.73. The van der Waals surface area contributed by atoms with E-state index in [0.29, 0.717) is 22.9 Å². The van der Waals surface area contributed by atoms with E-state index in [0.717, 1.165) is 6.42 Å². The highest BCUT2D eigenvalue weighted by Gasteiger charge is 2.40. The van der Waals surface area contributed by atoms with E-state index in [9.17, 15) is 16.8 Å². The molecule has 2 N–H and O–H groups in total. The number of aliphatic hydroxyl groups excluding tert-OH is 1. The number of hydrogen-bond acceptors (Lipinski definition) is 5. The van der Waals surface area contributed by atoms with Crippen LogP contribution in [0.4, 0.5) is 0 Å². The Labute approximate surface area is 205 Å². The van der Waals surface area contributed by atoms with Crippen molar-refractivity contribution in [3.05, 3.63) is 70.7 Å². The molecule has 1 heterocycles. The third kappa shape index (κ3) is 6.79. The van der Waals surface area contributed by atoms with Gasteiger partial charge in [-0.15, -0.1) is 0 Å². The third-order valence-electron chi connectivity index (χ3n) is 5.30. The second kappa shape index (κ2) is 11.3. The van der Waals surface area contributed by atoms with Crippen molar-refractivity contribution in [3.8, 4) is 0 Å². The lowest BCUT2D eigenvalue weighted by molar-refractivity contribution is 0.285. The average Bonchev–Trinajstić information content (AvgIpc) is 3.17. The summed E-state index contributed by atoms with van der Waals surface area (Å²) in [5, 5.41) is 9.77. The van der Waals surface area contributed by atoms with Crippen LogP contribution in [0.5, 0.6) is 0 Å². The fraction of sp³-hybridized carbons (Fsp3) is 0.364. The predicted octanol–water partition coefficient (Wildman–Crippen LogP) is 3.82. The molecule has 2 aromatic rings. The van der Waals surface area contributed by atoms with E-state index < -0.39 is 32.1 Å². The standard InChI is InChI=1S/C22H26Cl2N2O5S2/c23-17-6-10-21(11-7-17)32(28,29)25-19-15-20(5-3-1-2-4-14-27)26(16-19)33(30,31)22-12-8-18(24)9-13-22/h3,5-13,19-20,25,27H,1-2,4,14-16H2/b5-3-. The van der Waals surface area contributed by atoms with Crippen LogP contribution in [-0.4, -0.2) is 51.5 Å². The first-order valence-corrected chi connectivity index (χ1v) is 14.1. The highest BCUT2D eigenvalue weighted by atomic mass is 35.5. The van der Waals surface area contributed by atoms with Gasteiger partial charge in [-0.3, -0.25) is 0 Å². The Bertz CT molecular complexity index is 1170. The molecule has 1 aliphatic rings. The number of aliphatic hydroxyl groups is 1. The summed E-state index contributed by atoms with van der Waals surface area (Å²) >= 11 is 11.8. The summed E-state index contributed by atoms with van der Waals surface area (Å²) in [6.45, 7) is 0.0896. The molecule has 0 bridgehead atoms.